The minimum atomic E-state index is -0.446. The Morgan fingerprint density at radius 1 is 1.57 bits per heavy atom. The van der Waals surface area contributed by atoms with Crippen LogP contribution in [0.25, 0.3) is 0 Å². The molecule has 2 rings (SSSR count). The van der Waals surface area contributed by atoms with E-state index in [9.17, 15) is 14.9 Å². The van der Waals surface area contributed by atoms with Crippen LogP contribution >= 0.6 is 23.7 Å². The molecule has 1 unspecified atom stereocenters. The molecule has 1 aromatic heterocycles. The van der Waals surface area contributed by atoms with Crippen molar-refractivity contribution in [3.05, 3.63) is 25.9 Å². The van der Waals surface area contributed by atoms with Gasteiger partial charge in [0.05, 0.1) is 14.7 Å². The van der Waals surface area contributed by atoms with E-state index in [1.54, 1.807) is 11.8 Å². The Morgan fingerprint density at radius 2 is 2.19 bits per heavy atom. The normalized spacial score (nSPS) is 20.8. The highest BCUT2D eigenvalue weighted by molar-refractivity contribution is 7.14. The molecule has 1 amide bonds. The zero-order valence-electron chi connectivity index (χ0n) is 12.3. The van der Waals surface area contributed by atoms with Crippen LogP contribution in [0, 0.1) is 22.5 Å². The number of carbonyl (C=O) groups is 1. The summed E-state index contributed by atoms with van der Waals surface area (Å²) in [6, 6.07) is 1.45. The molecule has 1 aliphatic heterocycles. The van der Waals surface area contributed by atoms with Gasteiger partial charge in [-0.1, -0.05) is 13.8 Å². The summed E-state index contributed by atoms with van der Waals surface area (Å²) in [6.07, 6.45) is 0.755. The van der Waals surface area contributed by atoms with Gasteiger partial charge < -0.3 is 10.6 Å². The van der Waals surface area contributed by atoms with Crippen LogP contribution in [0.15, 0.2) is 6.07 Å². The Balaban J connectivity index is 0.00000220. The number of hydrogen-bond donors (Lipinski definition) is 1. The molecule has 0 spiro atoms. The number of rotatable bonds is 2. The molecule has 1 aromatic rings. The van der Waals surface area contributed by atoms with E-state index >= 15 is 0 Å². The topological polar surface area (TPSA) is 89.5 Å². The number of likely N-dealkylation sites (tertiary alicyclic amines) is 1. The van der Waals surface area contributed by atoms with E-state index in [-0.39, 0.29) is 35.5 Å². The van der Waals surface area contributed by atoms with Crippen LogP contribution in [-0.2, 0) is 0 Å². The van der Waals surface area contributed by atoms with Gasteiger partial charge in [-0.05, 0) is 18.8 Å². The lowest BCUT2D eigenvalue weighted by Gasteiger charge is -2.42. The van der Waals surface area contributed by atoms with Gasteiger partial charge in [0, 0.05) is 25.2 Å². The Bertz CT molecular complexity index is 559. The fourth-order valence-electron chi connectivity index (χ4n) is 2.46. The van der Waals surface area contributed by atoms with Gasteiger partial charge >= 0.3 is 0 Å². The summed E-state index contributed by atoms with van der Waals surface area (Å²) in [5.41, 5.74) is 5.94. The van der Waals surface area contributed by atoms with Gasteiger partial charge in [0.1, 0.15) is 0 Å². The second kappa shape index (κ2) is 6.29. The van der Waals surface area contributed by atoms with Crippen LogP contribution in [0.4, 0.5) is 5.69 Å². The van der Waals surface area contributed by atoms with Crippen molar-refractivity contribution in [2.45, 2.75) is 33.2 Å². The SMILES string of the molecule is Cc1sc(C(=O)N2CCC(N)C(C)(C)C2)cc1[N+](=O)[O-].Cl. The van der Waals surface area contributed by atoms with E-state index in [0.717, 1.165) is 6.42 Å². The van der Waals surface area contributed by atoms with Crippen molar-refractivity contribution in [3.8, 4) is 0 Å². The highest BCUT2D eigenvalue weighted by atomic mass is 35.5. The third-order valence-electron chi connectivity index (χ3n) is 3.90. The molecule has 2 N–H and O–H groups in total. The van der Waals surface area contributed by atoms with E-state index in [0.29, 0.717) is 22.8 Å². The lowest BCUT2D eigenvalue weighted by Crippen LogP contribution is -2.53. The molecule has 6 nitrogen and oxygen atoms in total. The van der Waals surface area contributed by atoms with Crippen LogP contribution in [0.5, 0.6) is 0 Å². The van der Waals surface area contributed by atoms with Gasteiger partial charge in [-0.15, -0.1) is 23.7 Å². The zero-order chi connectivity index (χ0) is 15.1. The van der Waals surface area contributed by atoms with Crippen molar-refractivity contribution in [2.75, 3.05) is 13.1 Å². The Kier molecular flexibility index (Phi) is 5.35. The second-order valence-electron chi connectivity index (χ2n) is 5.92. The summed E-state index contributed by atoms with van der Waals surface area (Å²) in [5.74, 6) is -0.133. The molecule has 1 aliphatic rings. The summed E-state index contributed by atoms with van der Waals surface area (Å²) < 4.78 is 0. The van der Waals surface area contributed by atoms with Gasteiger partial charge in [-0.25, -0.2) is 0 Å². The van der Waals surface area contributed by atoms with Crippen LogP contribution in [0.3, 0.4) is 0 Å². The molecule has 118 valence electrons. The molecule has 1 saturated heterocycles. The molecular weight excluding hydrogens is 314 g/mol. The molecule has 8 heteroatoms. The Morgan fingerprint density at radius 3 is 2.67 bits per heavy atom. The summed E-state index contributed by atoms with van der Waals surface area (Å²) in [7, 11) is 0. The van der Waals surface area contributed by atoms with Crippen LogP contribution in [0.1, 0.15) is 34.8 Å². The first-order valence-corrected chi connectivity index (χ1v) is 7.33. The van der Waals surface area contributed by atoms with E-state index in [1.807, 2.05) is 13.8 Å². The molecule has 1 atom stereocenters. The number of nitro groups is 1. The summed E-state index contributed by atoms with van der Waals surface area (Å²) in [6.45, 7) is 6.93. The van der Waals surface area contributed by atoms with Crippen LogP contribution in [-0.4, -0.2) is 34.9 Å². The van der Waals surface area contributed by atoms with Gasteiger partial charge in [0.15, 0.2) is 0 Å². The quantitative estimate of drug-likeness (QED) is 0.665. The number of nitrogens with zero attached hydrogens (tertiary/aromatic N) is 2. The van der Waals surface area contributed by atoms with E-state index in [2.05, 4.69) is 0 Å². The van der Waals surface area contributed by atoms with Gasteiger partial charge in [0.25, 0.3) is 11.6 Å². The predicted octanol–water partition coefficient (Wildman–Crippen LogP) is 2.59. The third-order valence-corrected chi connectivity index (χ3v) is 4.93. The summed E-state index contributed by atoms with van der Waals surface area (Å²) in [4.78, 5) is 25.6. The summed E-state index contributed by atoms with van der Waals surface area (Å²) in [5, 5.41) is 10.9. The molecule has 0 aromatic carbocycles. The monoisotopic (exact) mass is 333 g/mol. The minimum absolute atomic E-state index is 0. The first-order valence-electron chi connectivity index (χ1n) is 6.52. The number of piperidine rings is 1. The molecule has 2 heterocycles. The molecule has 21 heavy (non-hydrogen) atoms. The van der Waals surface area contributed by atoms with E-state index in [4.69, 9.17) is 5.73 Å². The van der Waals surface area contributed by atoms with Crippen LogP contribution in [0.2, 0.25) is 0 Å². The number of nitrogens with two attached hydrogens (primary N) is 1. The number of thiophene rings is 1. The molecular formula is C13H20ClN3O3S. The maximum atomic E-state index is 12.5. The average Bonchev–Trinajstić information content (AvgIpc) is 2.74. The highest BCUT2D eigenvalue weighted by Gasteiger charge is 2.36. The minimum Gasteiger partial charge on any atom is -0.337 e. The largest absolute Gasteiger partial charge is 0.337 e. The van der Waals surface area contributed by atoms with Crippen molar-refractivity contribution in [1.29, 1.82) is 0 Å². The van der Waals surface area contributed by atoms with E-state index < -0.39 is 4.92 Å². The van der Waals surface area contributed by atoms with Crippen LogP contribution < -0.4 is 5.73 Å². The lowest BCUT2D eigenvalue weighted by atomic mass is 9.79. The molecule has 0 saturated carbocycles. The van der Waals surface area contributed by atoms with Gasteiger partial charge in [-0.2, -0.15) is 0 Å². The first-order chi connectivity index (χ1) is 9.22. The standard InChI is InChI=1S/C13H19N3O3S.ClH/c1-8-9(16(18)19)6-10(20-8)12(17)15-5-4-11(14)13(2,3)7-15;/h6,11H,4-5,7,14H2,1-3H3;1H. The second-order valence-corrected chi connectivity index (χ2v) is 7.18. The number of halogens is 1. The maximum Gasteiger partial charge on any atom is 0.283 e. The Labute approximate surface area is 133 Å². The average molecular weight is 334 g/mol. The number of carbonyl (C=O) groups excluding carboxylic acids is 1. The zero-order valence-corrected chi connectivity index (χ0v) is 13.9. The van der Waals surface area contributed by atoms with Crippen molar-refractivity contribution in [2.24, 2.45) is 11.1 Å². The van der Waals surface area contributed by atoms with Crippen molar-refractivity contribution in [3.63, 3.8) is 0 Å². The third kappa shape index (κ3) is 3.53. The lowest BCUT2D eigenvalue weighted by molar-refractivity contribution is -0.385. The fourth-order valence-corrected chi connectivity index (χ4v) is 3.42. The fraction of sp³-hybridized carbons (Fsp3) is 0.615. The maximum absolute atomic E-state index is 12.5. The van der Waals surface area contributed by atoms with Gasteiger partial charge in [-0.3, -0.25) is 14.9 Å². The smallest absolute Gasteiger partial charge is 0.283 e. The first kappa shape index (κ1) is 17.9. The highest BCUT2D eigenvalue weighted by Crippen LogP contribution is 2.32. The molecule has 0 bridgehead atoms. The molecule has 0 radical (unpaired) electrons. The molecule has 1 fully saturated rings. The van der Waals surface area contributed by atoms with Crippen molar-refractivity contribution in [1.82, 2.24) is 4.90 Å². The number of aryl methyl sites for hydroxylation is 1. The number of hydrogen-bond acceptors (Lipinski definition) is 5. The number of amides is 1. The van der Waals surface area contributed by atoms with Crippen molar-refractivity contribution < 1.29 is 9.72 Å². The van der Waals surface area contributed by atoms with E-state index in [1.165, 1.54) is 17.4 Å². The van der Waals surface area contributed by atoms with Gasteiger partial charge in [0.2, 0.25) is 0 Å². The predicted molar refractivity (Wildman–Crippen MR) is 85.2 cm³/mol. The Hall–Kier alpha value is -1.18. The summed E-state index contributed by atoms with van der Waals surface area (Å²) >= 11 is 1.18. The van der Waals surface area contributed by atoms with Crippen molar-refractivity contribution >= 4 is 35.3 Å². The molecule has 0 aliphatic carbocycles.